The van der Waals surface area contributed by atoms with Crippen LogP contribution in [0.2, 0.25) is 0 Å². The van der Waals surface area contributed by atoms with Gasteiger partial charge in [-0.25, -0.2) is 4.68 Å². The Bertz CT molecular complexity index is 1150. The van der Waals surface area contributed by atoms with E-state index >= 15 is 0 Å². The Kier molecular flexibility index (Phi) is 3.87. The number of aryl methyl sites for hydroxylation is 2. The third-order valence-corrected chi connectivity index (χ3v) is 4.21. The van der Waals surface area contributed by atoms with Crippen LogP contribution in [0.15, 0.2) is 44.2 Å². The molecule has 0 saturated carbocycles. The maximum Gasteiger partial charge on any atom is 0.291 e. The third-order valence-electron chi connectivity index (χ3n) is 4.21. The monoisotopic (exact) mass is 354 g/mol. The van der Waals surface area contributed by atoms with Crippen molar-refractivity contribution < 1.29 is 13.6 Å². The van der Waals surface area contributed by atoms with Crippen LogP contribution in [0.25, 0.3) is 16.6 Å². The zero-order chi connectivity index (χ0) is 18.3. The number of fused-ring (bicyclic) bond motifs is 3. The molecular weight excluding hydrogens is 336 g/mol. The summed E-state index contributed by atoms with van der Waals surface area (Å²) in [5, 5.41) is 7.09. The molecule has 0 aliphatic carbocycles. The van der Waals surface area contributed by atoms with Crippen LogP contribution in [0.3, 0.4) is 0 Å². The van der Waals surface area contributed by atoms with Gasteiger partial charge in [0, 0.05) is 18.6 Å². The zero-order valence-electron chi connectivity index (χ0n) is 14.5. The largest absolute Gasteiger partial charge is 0.467 e. The molecule has 4 aromatic heterocycles. The zero-order valence-corrected chi connectivity index (χ0v) is 14.5. The molecule has 0 aromatic carbocycles. The molecule has 4 aromatic rings. The number of nitrogens with zero attached hydrogens (tertiary/aromatic N) is 3. The van der Waals surface area contributed by atoms with Crippen molar-refractivity contribution in [2.45, 2.75) is 33.4 Å². The molecule has 4 rings (SSSR count). The minimum absolute atomic E-state index is 0.158. The van der Waals surface area contributed by atoms with Crippen molar-refractivity contribution in [2.24, 2.45) is 0 Å². The maximum atomic E-state index is 12.8. The molecule has 0 aliphatic heterocycles. The number of carbonyl (C=O) groups excluding carboxylic acids is 1. The first-order valence-electron chi connectivity index (χ1n) is 8.37. The van der Waals surface area contributed by atoms with Gasteiger partial charge in [0.1, 0.15) is 29.4 Å². The van der Waals surface area contributed by atoms with E-state index in [1.165, 1.54) is 4.68 Å². The highest BCUT2D eigenvalue weighted by Crippen LogP contribution is 2.23. The summed E-state index contributed by atoms with van der Waals surface area (Å²) in [4.78, 5) is 24.9. The minimum atomic E-state index is -0.334. The summed E-state index contributed by atoms with van der Waals surface area (Å²) >= 11 is 0. The first-order chi connectivity index (χ1) is 12.6. The summed E-state index contributed by atoms with van der Waals surface area (Å²) < 4.78 is 13.8. The Morgan fingerprint density at radius 3 is 2.88 bits per heavy atom. The first kappa shape index (κ1) is 16.2. The first-order valence-corrected chi connectivity index (χ1v) is 8.37. The highest BCUT2D eigenvalue weighted by atomic mass is 16.3. The summed E-state index contributed by atoms with van der Waals surface area (Å²) in [5.74, 6) is 1.79. The minimum Gasteiger partial charge on any atom is -0.467 e. The third kappa shape index (κ3) is 2.69. The lowest BCUT2D eigenvalue weighted by Crippen LogP contribution is -2.35. The molecule has 0 atom stereocenters. The van der Waals surface area contributed by atoms with Crippen molar-refractivity contribution in [1.29, 1.82) is 0 Å². The van der Waals surface area contributed by atoms with Gasteiger partial charge in [0.2, 0.25) is 5.91 Å². The van der Waals surface area contributed by atoms with E-state index in [1.807, 2.05) is 19.9 Å². The predicted octanol–water partition coefficient (Wildman–Crippen LogP) is 2.02. The Morgan fingerprint density at radius 1 is 1.31 bits per heavy atom. The van der Waals surface area contributed by atoms with E-state index in [-0.39, 0.29) is 24.6 Å². The molecule has 0 unspecified atom stereocenters. The normalized spacial score (nSPS) is 11.5. The van der Waals surface area contributed by atoms with Crippen LogP contribution in [0.1, 0.15) is 24.3 Å². The van der Waals surface area contributed by atoms with E-state index in [0.717, 1.165) is 11.3 Å². The second-order valence-corrected chi connectivity index (χ2v) is 6.06. The van der Waals surface area contributed by atoms with Gasteiger partial charge >= 0.3 is 0 Å². The van der Waals surface area contributed by atoms with E-state index in [9.17, 15) is 9.59 Å². The Labute approximate surface area is 148 Å². The van der Waals surface area contributed by atoms with Crippen LogP contribution in [0.4, 0.5) is 0 Å². The van der Waals surface area contributed by atoms with E-state index in [2.05, 4.69) is 10.4 Å². The molecule has 134 valence electrons. The highest BCUT2D eigenvalue weighted by molar-refractivity contribution is 5.83. The lowest BCUT2D eigenvalue weighted by molar-refractivity contribution is -0.122. The van der Waals surface area contributed by atoms with Crippen LogP contribution in [0.5, 0.6) is 0 Å². The van der Waals surface area contributed by atoms with E-state index in [4.69, 9.17) is 8.83 Å². The van der Waals surface area contributed by atoms with Crippen molar-refractivity contribution >= 4 is 22.5 Å². The lowest BCUT2D eigenvalue weighted by Gasteiger charge is -2.09. The summed E-state index contributed by atoms with van der Waals surface area (Å²) in [7, 11) is 0. The number of nitrogens with one attached hydrogen (secondary N) is 1. The standard InChI is InChI=1S/C18H18N4O4/c1-3-16-20-21(10-17(23)19-9-12-5-4-6-25-12)18(24)14-8-15-13(22(14)16)7-11(2)26-15/h4-8H,3,9-10H2,1-2H3,(H,19,23). The number of rotatable bonds is 5. The second kappa shape index (κ2) is 6.21. The molecule has 0 spiro atoms. The Balaban J connectivity index is 1.68. The molecule has 1 N–H and O–H groups in total. The number of carbonyl (C=O) groups is 1. The maximum absolute atomic E-state index is 12.8. The number of amides is 1. The summed E-state index contributed by atoms with van der Waals surface area (Å²) in [5.41, 5.74) is 1.56. The van der Waals surface area contributed by atoms with Gasteiger partial charge in [-0.05, 0) is 19.1 Å². The average Bonchev–Trinajstić information content (AvgIpc) is 3.31. The van der Waals surface area contributed by atoms with Crippen LogP contribution in [-0.2, 0) is 24.3 Å². The Morgan fingerprint density at radius 2 is 2.15 bits per heavy atom. The quantitative estimate of drug-likeness (QED) is 0.592. The van der Waals surface area contributed by atoms with Gasteiger partial charge in [0.15, 0.2) is 5.58 Å². The predicted molar refractivity (Wildman–Crippen MR) is 93.9 cm³/mol. The van der Waals surface area contributed by atoms with Gasteiger partial charge in [0.05, 0.1) is 18.3 Å². The molecular formula is C18H18N4O4. The van der Waals surface area contributed by atoms with Gasteiger partial charge in [-0.3, -0.25) is 14.0 Å². The SMILES string of the molecule is CCc1nn(CC(=O)NCc2ccco2)c(=O)c2cc3oc(C)cc3n12. The average molecular weight is 354 g/mol. The van der Waals surface area contributed by atoms with E-state index in [1.54, 1.807) is 28.9 Å². The molecule has 0 radical (unpaired) electrons. The van der Waals surface area contributed by atoms with E-state index < -0.39 is 0 Å². The highest BCUT2D eigenvalue weighted by Gasteiger charge is 2.17. The number of hydrogen-bond donors (Lipinski definition) is 1. The summed E-state index contributed by atoms with van der Waals surface area (Å²) in [6, 6.07) is 7.09. The molecule has 0 saturated heterocycles. The van der Waals surface area contributed by atoms with Crippen LogP contribution in [-0.4, -0.2) is 20.1 Å². The van der Waals surface area contributed by atoms with Crippen molar-refractivity contribution in [1.82, 2.24) is 19.5 Å². The molecule has 0 fully saturated rings. The fourth-order valence-electron chi connectivity index (χ4n) is 3.04. The number of hydrogen-bond acceptors (Lipinski definition) is 5. The van der Waals surface area contributed by atoms with Crippen molar-refractivity contribution in [3.63, 3.8) is 0 Å². The van der Waals surface area contributed by atoms with Gasteiger partial charge < -0.3 is 14.2 Å². The number of aromatic nitrogens is 3. The molecule has 1 amide bonds. The molecule has 26 heavy (non-hydrogen) atoms. The molecule has 8 nitrogen and oxygen atoms in total. The number of furan rings is 2. The Hall–Kier alpha value is -3.29. The van der Waals surface area contributed by atoms with Gasteiger partial charge in [-0.2, -0.15) is 5.10 Å². The van der Waals surface area contributed by atoms with Gasteiger partial charge in [-0.15, -0.1) is 0 Å². The molecule has 0 bridgehead atoms. The molecule has 8 heteroatoms. The summed E-state index contributed by atoms with van der Waals surface area (Å²) in [6.45, 7) is 3.91. The van der Waals surface area contributed by atoms with Crippen LogP contribution < -0.4 is 10.9 Å². The van der Waals surface area contributed by atoms with Crippen molar-refractivity contribution in [3.05, 3.63) is 58.2 Å². The summed E-state index contributed by atoms with van der Waals surface area (Å²) in [6.07, 6.45) is 2.15. The molecule has 4 heterocycles. The fraction of sp³-hybridized carbons (Fsp3) is 0.278. The second-order valence-electron chi connectivity index (χ2n) is 6.06. The fourth-order valence-corrected chi connectivity index (χ4v) is 3.04. The van der Waals surface area contributed by atoms with Crippen molar-refractivity contribution in [3.8, 4) is 0 Å². The van der Waals surface area contributed by atoms with Crippen molar-refractivity contribution in [2.75, 3.05) is 0 Å². The lowest BCUT2D eigenvalue weighted by atomic mass is 10.4. The van der Waals surface area contributed by atoms with Crippen LogP contribution >= 0.6 is 0 Å². The van der Waals surface area contributed by atoms with E-state index in [0.29, 0.717) is 29.1 Å². The van der Waals surface area contributed by atoms with Crippen LogP contribution in [0, 0.1) is 6.92 Å². The van der Waals surface area contributed by atoms with Gasteiger partial charge in [0.25, 0.3) is 5.56 Å². The van der Waals surface area contributed by atoms with Gasteiger partial charge in [-0.1, -0.05) is 6.92 Å². The molecule has 0 aliphatic rings. The smallest absolute Gasteiger partial charge is 0.291 e. The topological polar surface area (TPSA) is 94.7 Å².